The standard InChI is InChI=1S/C24H13NO7/c25-21(26)18-16-12-6-2-4-9-3-1-5-10(14(9)12)11-7-8-13(22(27)28)17(15(11)16)19(23(29)30)20(18)24(31)32/h1-8H,(H2,25,26)(H,27,28)(H,29,30)(H,31,32). The third-order valence-electron chi connectivity index (χ3n) is 5.82. The van der Waals surface area contributed by atoms with Gasteiger partial charge in [-0.25, -0.2) is 14.4 Å². The number of benzene rings is 5. The summed E-state index contributed by atoms with van der Waals surface area (Å²) < 4.78 is 0. The normalized spacial score (nSPS) is 11.5. The van der Waals surface area contributed by atoms with E-state index in [0.717, 1.165) is 10.8 Å². The molecule has 0 aliphatic rings. The first-order valence-electron chi connectivity index (χ1n) is 9.42. The Morgan fingerprint density at radius 1 is 0.562 bits per heavy atom. The van der Waals surface area contributed by atoms with Crippen LogP contribution in [0.25, 0.3) is 43.1 Å². The van der Waals surface area contributed by atoms with Gasteiger partial charge in [-0.05, 0) is 38.4 Å². The molecule has 0 bridgehead atoms. The van der Waals surface area contributed by atoms with Crippen LogP contribution in [-0.2, 0) is 0 Å². The summed E-state index contributed by atoms with van der Waals surface area (Å²) in [6.07, 6.45) is 0. The number of fused-ring (bicyclic) bond motifs is 2. The van der Waals surface area contributed by atoms with E-state index in [1.54, 1.807) is 18.2 Å². The van der Waals surface area contributed by atoms with Gasteiger partial charge in [0.05, 0.1) is 22.3 Å². The molecule has 0 saturated heterocycles. The third-order valence-corrected chi connectivity index (χ3v) is 5.82. The average Bonchev–Trinajstić information content (AvgIpc) is 2.75. The van der Waals surface area contributed by atoms with E-state index in [0.29, 0.717) is 16.2 Å². The van der Waals surface area contributed by atoms with Crippen molar-refractivity contribution >= 4 is 66.9 Å². The zero-order valence-corrected chi connectivity index (χ0v) is 16.2. The van der Waals surface area contributed by atoms with Gasteiger partial charge in [0.1, 0.15) is 0 Å². The Kier molecular flexibility index (Phi) is 3.84. The van der Waals surface area contributed by atoms with Crippen molar-refractivity contribution in [2.75, 3.05) is 0 Å². The van der Waals surface area contributed by atoms with Crippen molar-refractivity contribution in [2.45, 2.75) is 0 Å². The second kappa shape index (κ2) is 6.39. The number of carbonyl (C=O) groups is 4. The molecule has 5 N–H and O–H groups in total. The largest absolute Gasteiger partial charge is 0.478 e. The molecule has 156 valence electrons. The highest BCUT2D eigenvalue weighted by Gasteiger charge is 2.33. The first-order valence-corrected chi connectivity index (χ1v) is 9.42. The van der Waals surface area contributed by atoms with Gasteiger partial charge in [-0.3, -0.25) is 4.79 Å². The van der Waals surface area contributed by atoms with E-state index in [1.165, 1.54) is 12.1 Å². The summed E-state index contributed by atoms with van der Waals surface area (Å²) in [5, 5.41) is 32.9. The fourth-order valence-electron chi connectivity index (χ4n) is 4.74. The highest BCUT2D eigenvalue weighted by atomic mass is 16.4. The Morgan fingerprint density at radius 2 is 1.16 bits per heavy atom. The zero-order valence-electron chi connectivity index (χ0n) is 16.2. The van der Waals surface area contributed by atoms with Crippen LogP contribution in [0.5, 0.6) is 0 Å². The van der Waals surface area contributed by atoms with E-state index in [-0.39, 0.29) is 21.7 Å². The van der Waals surface area contributed by atoms with Crippen molar-refractivity contribution < 1.29 is 34.5 Å². The first kappa shape index (κ1) is 19.3. The van der Waals surface area contributed by atoms with E-state index in [1.807, 2.05) is 18.2 Å². The van der Waals surface area contributed by atoms with Crippen molar-refractivity contribution in [2.24, 2.45) is 5.73 Å². The van der Waals surface area contributed by atoms with E-state index < -0.39 is 40.5 Å². The minimum absolute atomic E-state index is 0.122. The maximum Gasteiger partial charge on any atom is 0.337 e. The second-order valence-corrected chi connectivity index (χ2v) is 7.40. The van der Waals surface area contributed by atoms with Gasteiger partial charge in [0.15, 0.2) is 0 Å². The number of hydrogen-bond donors (Lipinski definition) is 4. The fraction of sp³-hybridized carbons (Fsp3) is 0. The summed E-state index contributed by atoms with van der Waals surface area (Å²) in [5.41, 5.74) is 3.14. The van der Waals surface area contributed by atoms with Gasteiger partial charge in [-0.2, -0.15) is 0 Å². The maximum atomic E-state index is 12.6. The van der Waals surface area contributed by atoms with Crippen LogP contribution in [0.3, 0.4) is 0 Å². The minimum Gasteiger partial charge on any atom is -0.478 e. The van der Waals surface area contributed by atoms with Gasteiger partial charge < -0.3 is 21.1 Å². The number of nitrogens with two attached hydrogens (primary N) is 1. The fourth-order valence-corrected chi connectivity index (χ4v) is 4.74. The van der Waals surface area contributed by atoms with Crippen LogP contribution in [-0.4, -0.2) is 39.1 Å². The minimum atomic E-state index is -1.69. The number of amides is 1. The summed E-state index contributed by atoms with van der Waals surface area (Å²) in [5.74, 6) is -5.91. The Bertz CT molecular complexity index is 1680. The SMILES string of the molecule is NC(=O)c1c(C(=O)O)c(C(=O)O)c2c(C(=O)O)ccc3c4cccc5cccc(c1c23)c54. The molecular formula is C24H13NO7. The van der Waals surface area contributed by atoms with Gasteiger partial charge in [-0.15, -0.1) is 0 Å². The van der Waals surface area contributed by atoms with Crippen LogP contribution >= 0.6 is 0 Å². The lowest BCUT2D eigenvalue weighted by molar-refractivity contribution is 0.0650. The van der Waals surface area contributed by atoms with Gasteiger partial charge in [0, 0.05) is 10.8 Å². The van der Waals surface area contributed by atoms with Crippen LogP contribution in [0.2, 0.25) is 0 Å². The quantitative estimate of drug-likeness (QED) is 0.250. The number of carboxylic acids is 3. The predicted octanol–water partition coefficient (Wildman–Crippen LogP) is 3.93. The topological polar surface area (TPSA) is 155 Å². The molecule has 0 fully saturated rings. The average molecular weight is 427 g/mol. The molecule has 5 aromatic rings. The lowest BCUT2D eigenvalue weighted by atomic mass is 9.81. The molecule has 0 aromatic heterocycles. The van der Waals surface area contributed by atoms with Gasteiger partial charge >= 0.3 is 17.9 Å². The summed E-state index contributed by atoms with van der Waals surface area (Å²) in [6, 6.07) is 13.5. The van der Waals surface area contributed by atoms with Crippen molar-refractivity contribution in [3.8, 4) is 0 Å². The van der Waals surface area contributed by atoms with Crippen molar-refractivity contribution in [1.29, 1.82) is 0 Å². The molecule has 5 aromatic carbocycles. The van der Waals surface area contributed by atoms with Crippen LogP contribution in [0.4, 0.5) is 0 Å². The number of rotatable bonds is 4. The summed E-state index contributed by atoms with van der Waals surface area (Å²) in [7, 11) is 0. The molecule has 8 nitrogen and oxygen atoms in total. The zero-order chi connectivity index (χ0) is 22.9. The number of carboxylic acid groups (broad SMARTS) is 3. The Morgan fingerprint density at radius 3 is 1.72 bits per heavy atom. The number of carbonyl (C=O) groups excluding carboxylic acids is 1. The molecule has 0 unspecified atom stereocenters. The molecule has 8 heteroatoms. The summed E-state index contributed by atoms with van der Waals surface area (Å²) in [4.78, 5) is 49.0. The number of primary amides is 1. The molecule has 32 heavy (non-hydrogen) atoms. The van der Waals surface area contributed by atoms with Crippen LogP contribution < -0.4 is 5.73 Å². The van der Waals surface area contributed by atoms with Crippen molar-refractivity contribution in [3.05, 3.63) is 70.8 Å². The molecule has 0 atom stereocenters. The second-order valence-electron chi connectivity index (χ2n) is 7.40. The molecule has 0 aliphatic carbocycles. The van der Waals surface area contributed by atoms with E-state index in [9.17, 15) is 34.5 Å². The molecular weight excluding hydrogens is 414 g/mol. The number of aromatic carboxylic acids is 3. The molecule has 1 amide bonds. The molecule has 0 saturated carbocycles. The van der Waals surface area contributed by atoms with Crippen LogP contribution in [0, 0.1) is 0 Å². The lowest BCUT2D eigenvalue weighted by Gasteiger charge is -2.20. The van der Waals surface area contributed by atoms with Gasteiger partial charge in [-0.1, -0.05) is 42.5 Å². The maximum absolute atomic E-state index is 12.6. The van der Waals surface area contributed by atoms with Crippen LogP contribution in [0.1, 0.15) is 41.4 Å². The van der Waals surface area contributed by atoms with E-state index in [2.05, 4.69) is 0 Å². The molecule has 0 heterocycles. The van der Waals surface area contributed by atoms with Crippen molar-refractivity contribution in [3.63, 3.8) is 0 Å². The highest BCUT2D eigenvalue weighted by Crippen LogP contribution is 2.45. The Labute approximate surface area is 178 Å². The van der Waals surface area contributed by atoms with Gasteiger partial charge in [0.2, 0.25) is 5.91 Å². The molecule has 0 aliphatic heterocycles. The first-order chi connectivity index (χ1) is 15.2. The van der Waals surface area contributed by atoms with E-state index in [4.69, 9.17) is 5.73 Å². The van der Waals surface area contributed by atoms with E-state index >= 15 is 0 Å². The van der Waals surface area contributed by atoms with Gasteiger partial charge in [0.25, 0.3) is 0 Å². The smallest absolute Gasteiger partial charge is 0.337 e. The highest BCUT2D eigenvalue weighted by molar-refractivity contribution is 6.40. The third kappa shape index (κ3) is 2.31. The monoisotopic (exact) mass is 427 g/mol. The molecule has 0 spiro atoms. The molecule has 5 rings (SSSR count). The van der Waals surface area contributed by atoms with Crippen LogP contribution in [0.15, 0.2) is 48.5 Å². The summed E-state index contributed by atoms with van der Waals surface area (Å²) >= 11 is 0. The Balaban J connectivity index is 2.33. The Hall–Kier alpha value is -4.72. The lowest BCUT2D eigenvalue weighted by Crippen LogP contribution is -2.22. The molecule has 0 radical (unpaired) electrons. The summed E-state index contributed by atoms with van der Waals surface area (Å²) in [6.45, 7) is 0. The predicted molar refractivity (Wildman–Crippen MR) is 117 cm³/mol. The number of hydrogen-bond acceptors (Lipinski definition) is 4. The van der Waals surface area contributed by atoms with Crippen molar-refractivity contribution in [1.82, 2.24) is 0 Å².